The van der Waals surface area contributed by atoms with Gasteiger partial charge in [0.1, 0.15) is 5.75 Å². The van der Waals surface area contributed by atoms with E-state index in [0.717, 1.165) is 19.4 Å². The highest BCUT2D eigenvalue weighted by atomic mass is 16.5. The summed E-state index contributed by atoms with van der Waals surface area (Å²) in [4.78, 5) is 25.3. The number of amides is 2. The Bertz CT molecular complexity index is 516. The van der Waals surface area contributed by atoms with Crippen LogP contribution in [0.25, 0.3) is 0 Å². The van der Waals surface area contributed by atoms with Crippen LogP contribution in [0.3, 0.4) is 0 Å². The van der Waals surface area contributed by atoms with Crippen molar-refractivity contribution in [2.75, 3.05) is 18.5 Å². The highest BCUT2D eigenvalue weighted by molar-refractivity contribution is 5.90. The molecule has 2 amide bonds. The molecule has 1 aliphatic heterocycles. The van der Waals surface area contributed by atoms with Crippen LogP contribution >= 0.6 is 0 Å². The fourth-order valence-corrected chi connectivity index (χ4v) is 2.58. The van der Waals surface area contributed by atoms with Crippen molar-refractivity contribution in [1.29, 1.82) is 0 Å². The van der Waals surface area contributed by atoms with Crippen LogP contribution in [0, 0.1) is 0 Å². The molecule has 1 atom stereocenters. The van der Waals surface area contributed by atoms with Crippen LogP contribution in [0.5, 0.6) is 5.75 Å². The summed E-state index contributed by atoms with van der Waals surface area (Å²) >= 11 is 0. The van der Waals surface area contributed by atoms with Gasteiger partial charge in [-0.1, -0.05) is 12.1 Å². The maximum atomic E-state index is 12.2. The summed E-state index contributed by atoms with van der Waals surface area (Å²) < 4.78 is 5.60. The van der Waals surface area contributed by atoms with Crippen molar-refractivity contribution in [1.82, 2.24) is 4.90 Å². The fourth-order valence-electron chi connectivity index (χ4n) is 2.58. The fraction of sp³-hybridized carbons (Fsp3) is 0.500. The monoisotopic (exact) mass is 290 g/mol. The number of carbonyl (C=O) groups is 2. The van der Waals surface area contributed by atoms with Crippen molar-refractivity contribution in [2.45, 2.75) is 39.2 Å². The van der Waals surface area contributed by atoms with Gasteiger partial charge in [0.2, 0.25) is 5.91 Å². The van der Waals surface area contributed by atoms with Crippen LogP contribution in [-0.4, -0.2) is 35.9 Å². The molecule has 0 aromatic heterocycles. The first-order valence-electron chi connectivity index (χ1n) is 7.37. The molecule has 1 heterocycles. The Kier molecular flexibility index (Phi) is 5.20. The Morgan fingerprint density at radius 3 is 2.81 bits per heavy atom. The van der Waals surface area contributed by atoms with Gasteiger partial charge in [0.25, 0.3) is 5.91 Å². The number of carbonyl (C=O) groups excluding carboxylic acids is 2. The van der Waals surface area contributed by atoms with Crippen molar-refractivity contribution in [3.63, 3.8) is 0 Å². The van der Waals surface area contributed by atoms with Gasteiger partial charge < -0.3 is 15.0 Å². The van der Waals surface area contributed by atoms with E-state index in [2.05, 4.69) is 12.2 Å². The van der Waals surface area contributed by atoms with Gasteiger partial charge in [-0.3, -0.25) is 9.59 Å². The Morgan fingerprint density at radius 1 is 1.33 bits per heavy atom. The van der Waals surface area contributed by atoms with Crippen LogP contribution in [0.1, 0.15) is 33.1 Å². The second-order valence-electron chi connectivity index (χ2n) is 5.40. The largest absolute Gasteiger partial charge is 0.482 e. The van der Waals surface area contributed by atoms with E-state index in [1.165, 1.54) is 13.3 Å². The van der Waals surface area contributed by atoms with E-state index < -0.39 is 0 Å². The summed E-state index contributed by atoms with van der Waals surface area (Å²) in [7, 11) is 0. The number of para-hydroxylation sites is 2. The van der Waals surface area contributed by atoms with Crippen molar-refractivity contribution >= 4 is 17.5 Å². The molecule has 0 saturated carbocycles. The average Bonchev–Trinajstić information content (AvgIpc) is 2.46. The molecule has 1 N–H and O–H groups in total. The SMILES string of the molecule is CC(=O)Nc1ccccc1OCC(=O)N1CCCC[C@@H]1C. The lowest BCUT2D eigenvalue weighted by Gasteiger charge is -2.33. The lowest BCUT2D eigenvalue weighted by atomic mass is 10.0. The van der Waals surface area contributed by atoms with Crippen LogP contribution in [0.15, 0.2) is 24.3 Å². The molecule has 21 heavy (non-hydrogen) atoms. The Morgan fingerprint density at radius 2 is 2.10 bits per heavy atom. The van der Waals surface area contributed by atoms with E-state index in [1.54, 1.807) is 12.1 Å². The molecule has 0 unspecified atom stereocenters. The summed E-state index contributed by atoms with van der Waals surface area (Å²) in [6, 6.07) is 7.41. The second-order valence-corrected chi connectivity index (χ2v) is 5.40. The number of ether oxygens (including phenoxy) is 1. The lowest BCUT2D eigenvalue weighted by molar-refractivity contribution is -0.136. The molecule has 114 valence electrons. The van der Waals surface area contributed by atoms with Gasteiger partial charge in [-0.2, -0.15) is 0 Å². The number of likely N-dealkylation sites (tertiary alicyclic amines) is 1. The number of hydrogen-bond donors (Lipinski definition) is 1. The number of anilines is 1. The van der Waals surface area contributed by atoms with Crippen LogP contribution in [0.4, 0.5) is 5.69 Å². The summed E-state index contributed by atoms with van der Waals surface area (Å²) in [5.41, 5.74) is 0.587. The van der Waals surface area contributed by atoms with Gasteiger partial charge in [-0.15, -0.1) is 0 Å². The molecule has 5 heteroatoms. The molecule has 0 aliphatic carbocycles. The second kappa shape index (κ2) is 7.11. The van der Waals surface area contributed by atoms with Crippen LogP contribution < -0.4 is 10.1 Å². The zero-order valence-corrected chi connectivity index (χ0v) is 12.6. The van der Waals surface area contributed by atoms with Crippen molar-refractivity contribution in [3.8, 4) is 5.75 Å². The van der Waals surface area contributed by atoms with Gasteiger partial charge in [0, 0.05) is 19.5 Å². The average molecular weight is 290 g/mol. The van der Waals surface area contributed by atoms with Crippen LogP contribution in [-0.2, 0) is 9.59 Å². The maximum absolute atomic E-state index is 12.2. The number of hydrogen-bond acceptors (Lipinski definition) is 3. The predicted octanol–water partition coefficient (Wildman–Crippen LogP) is 2.42. The maximum Gasteiger partial charge on any atom is 0.260 e. The Balaban J connectivity index is 1.96. The molecule has 1 aliphatic rings. The van der Waals surface area contributed by atoms with Gasteiger partial charge >= 0.3 is 0 Å². The highest BCUT2D eigenvalue weighted by Crippen LogP contribution is 2.24. The first-order valence-corrected chi connectivity index (χ1v) is 7.37. The number of nitrogens with zero attached hydrogens (tertiary/aromatic N) is 1. The van der Waals surface area contributed by atoms with Gasteiger partial charge in [-0.05, 0) is 38.3 Å². The molecule has 1 fully saturated rings. The third-order valence-electron chi connectivity index (χ3n) is 3.67. The minimum atomic E-state index is -0.165. The number of rotatable bonds is 4. The summed E-state index contributed by atoms with van der Waals surface area (Å²) in [5, 5.41) is 2.70. The normalized spacial score (nSPS) is 18.2. The topological polar surface area (TPSA) is 58.6 Å². The molecule has 0 radical (unpaired) electrons. The first-order chi connectivity index (χ1) is 10.1. The van der Waals surface area contributed by atoms with E-state index >= 15 is 0 Å². The zero-order valence-electron chi connectivity index (χ0n) is 12.6. The lowest BCUT2D eigenvalue weighted by Crippen LogP contribution is -2.44. The number of piperidine rings is 1. The molecule has 1 saturated heterocycles. The predicted molar refractivity (Wildman–Crippen MR) is 81.3 cm³/mol. The van der Waals surface area contributed by atoms with Gasteiger partial charge in [-0.25, -0.2) is 0 Å². The van der Waals surface area contributed by atoms with Crippen molar-refractivity contribution < 1.29 is 14.3 Å². The molecular weight excluding hydrogens is 268 g/mol. The van der Waals surface area contributed by atoms with Crippen molar-refractivity contribution in [2.24, 2.45) is 0 Å². The molecule has 0 spiro atoms. The standard InChI is InChI=1S/C16H22N2O3/c1-12-7-5-6-10-18(12)16(20)11-21-15-9-4-3-8-14(15)17-13(2)19/h3-4,8-9,12H,5-7,10-11H2,1-2H3,(H,17,19)/t12-/m0/s1. The molecule has 1 aromatic rings. The minimum Gasteiger partial charge on any atom is -0.482 e. The van der Waals surface area contributed by atoms with E-state index in [-0.39, 0.29) is 24.5 Å². The molecular formula is C16H22N2O3. The molecule has 2 rings (SSSR count). The Labute approximate surface area is 125 Å². The van der Waals surface area contributed by atoms with Gasteiger partial charge in [0.05, 0.1) is 5.69 Å². The van der Waals surface area contributed by atoms with E-state index in [0.29, 0.717) is 11.4 Å². The summed E-state index contributed by atoms with van der Waals surface area (Å²) in [6.07, 6.45) is 3.28. The molecule has 5 nitrogen and oxygen atoms in total. The van der Waals surface area contributed by atoms with E-state index in [4.69, 9.17) is 4.74 Å². The quantitative estimate of drug-likeness (QED) is 0.926. The van der Waals surface area contributed by atoms with Crippen LogP contribution in [0.2, 0.25) is 0 Å². The zero-order chi connectivity index (χ0) is 15.2. The highest BCUT2D eigenvalue weighted by Gasteiger charge is 2.23. The summed E-state index contributed by atoms with van der Waals surface area (Å²) in [6.45, 7) is 4.32. The third kappa shape index (κ3) is 4.21. The molecule has 0 bridgehead atoms. The molecule has 1 aromatic carbocycles. The van der Waals surface area contributed by atoms with E-state index in [9.17, 15) is 9.59 Å². The van der Waals surface area contributed by atoms with Crippen molar-refractivity contribution in [3.05, 3.63) is 24.3 Å². The Hall–Kier alpha value is -2.04. The number of benzene rings is 1. The van der Waals surface area contributed by atoms with E-state index in [1.807, 2.05) is 17.0 Å². The smallest absolute Gasteiger partial charge is 0.260 e. The minimum absolute atomic E-state index is 0.000159. The first kappa shape index (κ1) is 15.4. The van der Waals surface area contributed by atoms with Gasteiger partial charge in [0.15, 0.2) is 6.61 Å². The third-order valence-corrected chi connectivity index (χ3v) is 3.67. The number of nitrogens with one attached hydrogen (secondary N) is 1. The summed E-state index contributed by atoms with van der Waals surface area (Å²) in [5.74, 6) is 0.354.